The van der Waals surface area contributed by atoms with Crippen LogP contribution in [0.25, 0.3) is 22.3 Å². The molecule has 150 valence electrons. The molecule has 6 nitrogen and oxygen atoms in total. The number of hydrogen-bond donors (Lipinski definition) is 2. The van der Waals surface area contributed by atoms with E-state index in [1.807, 2.05) is 0 Å². The number of nitrogens with zero attached hydrogens (tertiary/aromatic N) is 3. The Morgan fingerprint density at radius 2 is 1.90 bits per heavy atom. The molecule has 0 amide bonds. The van der Waals surface area contributed by atoms with Crippen LogP contribution in [0.3, 0.4) is 0 Å². The van der Waals surface area contributed by atoms with E-state index in [0.29, 0.717) is 17.1 Å². The van der Waals surface area contributed by atoms with Crippen molar-refractivity contribution in [2.45, 2.75) is 39.5 Å². The molecule has 0 radical (unpaired) electrons. The number of fused-ring (bicyclic) bond motifs is 1. The van der Waals surface area contributed by atoms with E-state index >= 15 is 4.39 Å². The van der Waals surface area contributed by atoms with Crippen molar-refractivity contribution in [3.05, 3.63) is 47.4 Å². The van der Waals surface area contributed by atoms with E-state index in [1.54, 1.807) is 19.9 Å². The fourth-order valence-corrected chi connectivity index (χ4v) is 2.97. The maximum Gasteiger partial charge on any atom is 0.309 e. The van der Waals surface area contributed by atoms with E-state index in [9.17, 15) is 19.6 Å². The zero-order chi connectivity index (χ0) is 21.6. The highest BCUT2D eigenvalue weighted by Gasteiger charge is 2.31. The number of hydrogen-bond acceptors (Lipinski definition) is 4. The normalized spacial score (nSPS) is 12.2. The number of rotatable bonds is 5. The Bertz CT molecular complexity index is 1160. The molecule has 3 rings (SSSR count). The second kappa shape index (κ2) is 6.92. The number of benzene rings is 1. The molecule has 0 aliphatic carbocycles. The number of aromatic nitrogens is 3. The Morgan fingerprint density at radius 3 is 2.52 bits per heavy atom. The van der Waals surface area contributed by atoms with Crippen LogP contribution in [0, 0.1) is 28.4 Å². The second-order valence-electron chi connectivity index (χ2n) is 8.19. The third-order valence-corrected chi connectivity index (χ3v) is 4.97. The Morgan fingerprint density at radius 1 is 1.21 bits per heavy atom. The SMILES string of the molecule is CC(C)(Cc1c(F)cc2[nH]c(-c3cc(C(C)(C)C#N)ncn3)cc2c1F)C(=O)O. The summed E-state index contributed by atoms with van der Waals surface area (Å²) in [5.74, 6) is -2.75. The average molecular weight is 398 g/mol. The molecule has 0 aliphatic rings. The van der Waals surface area contributed by atoms with Crippen molar-refractivity contribution in [3.8, 4) is 17.5 Å². The van der Waals surface area contributed by atoms with E-state index in [2.05, 4.69) is 21.0 Å². The first-order valence-electron chi connectivity index (χ1n) is 8.93. The van der Waals surface area contributed by atoms with Crippen LogP contribution in [0.4, 0.5) is 8.78 Å². The third kappa shape index (κ3) is 3.68. The van der Waals surface area contributed by atoms with Gasteiger partial charge in [0.25, 0.3) is 0 Å². The lowest BCUT2D eigenvalue weighted by Crippen LogP contribution is -2.27. The summed E-state index contributed by atoms with van der Waals surface area (Å²) in [7, 11) is 0. The smallest absolute Gasteiger partial charge is 0.309 e. The molecule has 0 bridgehead atoms. The molecule has 2 aromatic heterocycles. The molecule has 29 heavy (non-hydrogen) atoms. The molecule has 0 saturated carbocycles. The van der Waals surface area contributed by atoms with Crippen LogP contribution in [0.5, 0.6) is 0 Å². The molecule has 3 aromatic rings. The van der Waals surface area contributed by atoms with Crippen molar-refractivity contribution in [3.63, 3.8) is 0 Å². The number of aliphatic carboxylic acids is 1. The number of carbonyl (C=O) groups is 1. The van der Waals surface area contributed by atoms with Gasteiger partial charge in [0.15, 0.2) is 0 Å². The van der Waals surface area contributed by atoms with Crippen LogP contribution in [-0.4, -0.2) is 26.0 Å². The first-order valence-corrected chi connectivity index (χ1v) is 8.93. The minimum absolute atomic E-state index is 0.136. The molecular weight excluding hydrogens is 378 g/mol. The van der Waals surface area contributed by atoms with Gasteiger partial charge in [-0.25, -0.2) is 18.7 Å². The third-order valence-electron chi connectivity index (χ3n) is 4.97. The number of nitriles is 1. The molecule has 0 fully saturated rings. The number of halogens is 2. The van der Waals surface area contributed by atoms with Crippen molar-refractivity contribution in [2.24, 2.45) is 5.41 Å². The van der Waals surface area contributed by atoms with Crippen molar-refractivity contribution in [1.82, 2.24) is 15.0 Å². The quantitative estimate of drug-likeness (QED) is 0.665. The van der Waals surface area contributed by atoms with Gasteiger partial charge in [-0.3, -0.25) is 4.79 Å². The maximum absolute atomic E-state index is 15.0. The van der Waals surface area contributed by atoms with Gasteiger partial charge in [-0.2, -0.15) is 5.26 Å². The molecule has 0 saturated heterocycles. The van der Waals surface area contributed by atoms with Crippen molar-refractivity contribution < 1.29 is 18.7 Å². The molecule has 0 aliphatic heterocycles. The van der Waals surface area contributed by atoms with Crippen molar-refractivity contribution in [2.75, 3.05) is 0 Å². The molecule has 8 heteroatoms. The maximum atomic E-state index is 15.0. The first kappa shape index (κ1) is 20.4. The van der Waals surface area contributed by atoms with Crippen LogP contribution in [0.1, 0.15) is 39.0 Å². The van der Waals surface area contributed by atoms with E-state index < -0.39 is 28.4 Å². The van der Waals surface area contributed by atoms with Crippen molar-refractivity contribution >= 4 is 16.9 Å². The Kier molecular flexibility index (Phi) is 4.87. The highest BCUT2D eigenvalue weighted by atomic mass is 19.1. The van der Waals surface area contributed by atoms with Gasteiger partial charge in [-0.1, -0.05) is 0 Å². The predicted molar refractivity (Wildman–Crippen MR) is 103 cm³/mol. The highest BCUT2D eigenvalue weighted by Crippen LogP contribution is 2.33. The van der Waals surface area contributed by atoms with Gasteiger partial charge < -0.3 is 10.1 Å². The molecule has 2 N–H and O–H groups in total. The zero-order valence-electron chi connectivity index (χ0n) is 16.5. The van der Waals surface area contributed by atoms with Crippen LogP contribution in [0.15, 0.2) is 24.5 Å². The van der Waals surface area contributed by atoms with E-state index in [1.165, 1.54) is 26.2 Å². The minimum Gasteiger partial charge on any atom is -0.481 e. The number of H-pyrrole nitrogens is 1. The predicted octanol–water partition coefficient (Wildman–Crippen LogP) is 4.36. The van der Waals surface area contributed by atoms with Gasteiger partial charge in [0.2, 0.25) is 0 Å². The van der Waals surface area contributed by atoms with E-state index in [0.717, 1.165) is 6.07 Å². The van der Waals surface area contributed by atoms with Gasteiger partial charge in [0.05, 0.1) is 39.5 Å². The van der Waals surface area contributed by atoms with E-state index in [4.69, 9.17) is 0 Å². The summed E-state index contributed by atoms with van der Waals surface area (Å²) >= 11 is 0. The number of aromatic amines is 1. The largest absolute Gasteiger partial charge is 0.481 e. The summed E-state index contributed by atoms with van der Waals surface area (Å²) in [4.78, 5) is 22.6. The molecular formula is C21H20F2N4O2. The number of carboxylic acids is 1. The van der Waals surface area contributed by atoms with Crippen molar-refractivity contribution in [1.29, 1.82) is 5.26 Å². The van der Waals surface area contributed by atoms with Gasteiger partial charge in [0.1, 0.15) is 18.0 Å². The summed E-state index contributed by atoms with van der Waals surface area (Å²) in [6.45, 7) is 6.27. The summed E-state index contributed by atoms with van der Waals surface area (Å²) in [5.41, 5.74) is -0.836. The summed E-state index contributed by atoms with van der Waals surface area (Å²) in [6.07, 6.45) is 1.03. The van der Waals surface area contributed by atoms with E-state index in [-0.39, 0.29) is 22.9 Å². The topological polar surface area (TPSA) is 103 Å². The van der Waals surface area contributed by atoms with Crippen LogP contribution < -0.4 is 0 Å². The zero-order valence-corrected chi connectivity index (χ0v) is 16.5. The number of carboxylic acid groups (broad SMARTS) is 1. The molecule has 1 aromatic carbocycles. The Hall–Kier alpha value is -3.34. The highest BCUT2D eigenvalue weighted by molar-refractivity contribution is 5.87. The van der Waals surface area contributed by atoms with Gasteiger partial charge in [0, 0.05) is 10.9 Å². The Balaban J connectivity index is 2.11. The average Bonchev–Trinajstić information content (AvgIpc) is 3.09. The molecule has 0 spiro atoms. The summed E-state index contributed by atoms with van der Waals surface area (Å²) in [5, 5.41) is 18.7. The molecule has 0 unspecified atom stereocenters. The lowest BCUT2D eigenvalue weighted by atomic mass is 9.85. The van der Waals surface area contributed by atoms with Crippen LogP contribution >= 0.6 is 0 Å². The van der Waals surface area contributed by atoms with Crippen LogP contribution in [-0.2, 0) is 16.6 Å². The fraction of sp³-hybridized carbons (Fsp3) is 0.333. The monoisotopic (exact) mass is 398 g/mol. The van der Waals surface area contributed by atoms with Crippen LogP contribution in [0.2, 0.25) is 0 Å². The first-order chi connectivity index (χ1) is 13.5. The molecule has 2 heterocycles. The molecule has 0 atom stereocenters. The summed E-state index contributed by atoms with van der Waals surface area (Å²) in [6, 6.07) is 6.42. The Labute approximate surface area is 166 Å². The lowest BCUT2D eigenvalue weighted by molar-refractivity contribution is -0.146. The lowest BCUT2D eigenvalue weighted by Gasteiger charge is -2.19. The minimum atomic E-state index is -1.32. The fourth-order valence-electron chi connectivity index (χ4n) is 2.97. The van der Waals surface area contributed by atoms with Gasteiger partial charge in [-0.05, 0) is 52.3 Å². The second-order valence-corrected chi connectivity index (χ2v) is 8.19. The standard InChI is InChI=1S/C21H20F2N4O2/c1-20(2,19(28)29)8-12-13(22)6-14-11(18(12)23)5-16(27-14)15-7-17(26-10-25-15)21(3,4)9-24/h5-7,10,27H,8H2,1-4H3,(H,28,29). The van der Waals surface area contributed by atoms with Gasteiger partial charge >= 0.3 is 5.97 Å². The summed E-state index contributed by atoms with van der Waals surface area (Å²) < 4.78 is 29.6. The number of nitrogens with one attached hydrogen (secondary N) is 1. The van der Waals surface area contributed by atoms with Gasteiger partial charge in [-0.15, -0.1) is 0 Å².